The summed E-state index contributed by atoms with van der Waals surface area (Å²) in [4.78, 5) is 23.0. The fourth-order valence-electron chi connectivity index (χ4n) is 1.55. The highest BCUT2D eigenvalue weighted by molar-refractivity contribution is 5.94. The lowest BCUT2D eigenvalue weighted by atomic mass is 10.2. The highest BCUT2D eigenvalue weighted by Gasteiger charge is 2.16. The Balaban J connectivity index is 0.00000441. The second-order valence-corrected chi connectivity index (χ2v) is 4.21. The summed E-state index contributed by atoms with van der Waals surface area (Å²) in [6.07, 6.45) is 0. The van der Waals surface area contributed by atoms with Crippen LogP contribution < -0.4 is 16.4 Å². The number of carbonyl (C=O) groups excluding carboxylic acids is 2. The molecule has 0 radical (unpaired) electrons. The Hall–Kier alpha value is -1.77. The Morgan fingerprint density at radius 1 is 1.23 bits per heavy atom. The van der Waals surface area contributed by atoms with Gasteiger partial charge in [0, 0.05) is 20.2 Å². The lowest BCUT2D eigenvalue weighted by Crippen LogP contribution is -2.45. The van der Waals surface area contributed by atoms with Crippen LogP contribution in [0.2, 0.25) is 0 Å². The molecule has 0 aromatic heterocycles. The number of rotatable bonds is 7. The Bertz CT molecular complexity index is 497. The predicted octanol–water partition coefficient (Wildman–Crippen LogP) is 0.206. The average Bonchev–Trinajstić information content (AvgIpc) is 2.43. The molecule has 1 aromatic rings. The van der Waals surface area contributed by atoms with Gasteiger partial charge in [0.1, 0.15) is 23.2 Å². The summed E-state index contributed by atoms with van der Waals surface area (Å²) >= 11 is 0. The van der Waals surface area contributed by atoms with Crippen LogP contribution in [0.25, 0.3) is 0 Å². The molecule has 0 spiro atoms. The highest BCUT2D eigenvalue weighted by atomic mass is 35.5. The van der Waals surface area contributed by atoms with Crippen molar-refractivity contribution in [3.05, 3.63) is 35.4 Å². The van der Waals surface area contributed by atoms with Gasteiger partial charge in [0.15, 0.2) is 0 Å². The van der Waals surface area contributed by atoms with Gasteiger partial charge in [-0.25, -0.2) is 8.78 Å². The smallest absolute Gasteiger partial charge is 0.257 e. The third-order valence-electron chi connectivity index (χ3n) is 2.58. The van der Waals surface area contributed by atoms with Crippen molar-refractivity contribution in [1.82, 2.24) is 10.6 Å². The monoisotopic (exact) mass is 337 g/mol. The van der Waals surface area contributed by atoms with Gasteiger partial charge in [0.2, 0.25) is 5.91 Å². The number of ether oxygens (including phenoxy) is 1. The number of nitrogens with two attached hydrogens (primary N) is 1. The minimum Gasteiger partial charge on any atom is -0.383 e. The normalized spacial score (nSPS) is 11.3. The lowest BCUT2D eigenvalue weighted by Gasteiger charge is -2.11. The standard InChI is InChI=1S/C13H17F2N3O3.ClH/c1-21-7-10(16)12(19)17-5-6-18-13(20)11-8(14)3-2-4-9(11)15;/h2-4,10H,5-7,16H2,1H3,(H,17,19)(H,18,20);1H. The molecule has 1 aromatic carbocycles. The molecule has 22 heavy (non-hydrogen) atoms. The third-order valence-corrected chi connectivity index (χ3v) is 2.58. The Labute approximate surface area is 132 Å². The predicted molar refractivity (Wildman–Crippen MR) is 78.8 cm³/mol. The number of benzene rings is 1. The van der Waals surface area contributed by atoms with E-state index in [4.69, 9.17) is 10.5 Å². The minimum atomic E-state index is -0.946. The van der Waals surface area contributed by atoms with Crippen LogP contribution in [0.15, 0.2) is 18.2 Å². The van der Waals surface area contributed by atoms with E-state index in [1.165, 1.54) is 13.2 Å². The average molecular weight is 338 g/mol. The van der Waals surface area contributed by atoms with E-state index in [0.717, 1.165) is 12.1 Å². The molecule has 0 saturated carbocycles. The maximum absolute atomic E-state index is 13.3. The number of amides is 2. The first-order valence-electron chi connectivity index (χ1n) is 6.21. The van der Waals surface area contributed by atoms with E-state index in [0.29, 0.717) is 0 Å². The molecule has 1 atom stereocenters. The molecule has 4 N–H and O–H groups in total. The minimum absolute atomic E-state index is 0. The van der Waals surface area contributed by atoms with Crippen LogP contribution in [0, 0.1) is 11.6 Å². The van der Waals surface area contributed by atoms with Crippen molar-refractivity contribution < 1.29 is 23.1 Å². The number of methoxy groups -OCH3 is 1. The van der Waals surface area contributed by atoms with Crippen molar-refractivity contribution in [3.8, 4) is 0 Å². The summed E-state index contributed by atoms with van der Waals surface area (Å²) in [6, 6.07) is 2.33. The highest BCUT2D eigenvalue weighted by Crippen LogP contribution is 2.11. The maximum atomic E-state index is 13.3. The molecule has 0 bridgehead atoms. The van der Waals surface area contributed by atoms with Gasteiger partial charge < -0.3 is 21.1 Å². The summed E-state index contributed by atoms with van der Waals surface area (Å²) in [5, 5.41) is 4.76. The van der Waals surface area contributed by atoms with Gasteiger partial charge in [-0.15, -0.1) is 12.4 Å². The van der Waals surface area contributed by atoms with Gasteiger partial charge in [-0.1, -0.05) is 6.07 Å². The van der Waals surface area contributed by atoms with Crippen molar-refractivity contribution in [3.63, 3.8) is 0 Å². The zero-order valence-corrected chi connectivity index (χ0v) is 12.7. The van der Waals surface area contributed by atoms with Gasteiger partial charge >= 0.3 is 0 Å². The summed E-state index contributed by atoms with van der Waals surface area (Å²) in [7, 11) is 1.41. The number of nitrogens with one attached hydrogen (secondary N) is 2. The molecule has 0 aliphatic heterocycles. The van der Waals surface area contributed by atoms with Crippen molar-refractivity contribution >= 4 is 24.2 Å². The van der Waals surface area contributed by atoms with Gasteiger partial charge in [-0.3, -0.25) is 9.59 Å². The zero-order chi connectivity index (χ0) is 15.8. The largest absolute Gasteiger partial charge is 0.383 e. The van der Waals surface area contributed by atoms with E-state index in [1.807, 2.05) is 0 Å². The molecular weight excluding hydrogens is 320 g/mol. The summed E-state index contributed by atoms with van der Waals surface area (Å²) in [5.74, 6) is -3.22. The third kappa shape index (κ3) is 5.92. The van der Waals surface area contributed by atoms with E-state index < -0.39 is 35.1 Å². The molecule has 0 saturated heterocycles. The van der Waals surface area contributed by atoms with Crippen LogP contribution in [0.5, 0.6) is 0 Å². The van der Waals surface area contributed by atoms with Crippen molar-refractivity contribution in [1.29, 1.82) is 0 Å². The molecule has 6 nitrogen and oxygen atoms in total. The van der Waals surface area contributed by atoms with Crippen molar-refractivity contribution in [2.45, 2.75) is 6.04 Å². The number of hydrogen-bond acceptors (Lipinski definition) is 4. The maximum Gasteiger partial charge on any atom is 0.257 e. The van der Waals surface area contributed by atoms with E-state index in [2.05, 4.69) is 10.6 Å². The summed E-state index contributed by atoms with van der Waals surface area (Å²) in [6.45, 7) is 0.161. The lowest BCUT2D eigenvalue weighted by molar-refractivity contribution is -0.123. The number of carbonyl (C=O) groups is 2. The first kappa shape index (κ1) is 20.2. The summed E-state index contributed by atoms with van der Waals surface area (Å²) < 4.78 is 31.4. The fourth-order valence-corrected chi connectivity index (χ4v) is 1.55. The molecule has 0 heterocycles. The van der Waals surface area contributed by atoms with Gasteiger partial charge in [-0.05, 0) is 12.1 Å². The molecule has 124 valence electrons. The van der Waals surface area contributed by atoms with E-state index in [-0.39, 0.29) is 32.1 Å². The SMILES string of the molecule is COCC(N)C(=O)NCCNC(=O)c1c(F)cccc1F.Cl. The number of hydrogen-bond donors (Lipinski definition) is 3. The van der Waals surface area contributed by atoms with Crippen LogP contribution in [0.1, 0.15) is 10.4 Å². The molecule has 2 amide bonds. The quantitative estimate of drug-likeness (QED) is 0.620. The molecule has 0 fully saturated rings. The molecule has 0 aliphatic carbocycles. The fraction of sp³-hybridized carbons (Fsp3) is 0.385. The molecule has 1 unspecified atom stereocenters. The van der Waals surface area contributed by atoms with E-state index >= 15 is 0 Å². The van der Waals surface area contributed by atoms with Gasteiger partial charge in [0.05, 0.1) is 6.61 Å². The van der Waals surface area contributed by atoms with Gasteiger partial charge in [0.25, 0.3) is 5.91 Å². The summed E-state index contributed by atoms with van der Waals surface area (Å²) in [5.41, 5.74) is 4.82. The first-order chi connectivity index (χ1) is 9.97. The first-order valence-corrected chi connectivity index (χ1v) is 6.21. The molecule has 0 aliphatic rings. The van der Waals surface area contributed by atoms with Crippen LogP contribution in [-0.2, 0) is 9.53 Å². The van der Waals surface area contributed by atoms with Crippen LogP contribution in [0.3, 0.4) is 0 Å². The van der Waals surface area contributed by atoms with Crippen molar-refractivity contribution in [2.75, 3.05) is 26.8 Å². The second-order valence-electron chi connectivity index (χ2n) is 4.21. The second kappa shape index (κ2) is 10.0. The Morgan fingerprint density at radius 2 is 1.77 bits per heavy atom. The van der Waals surface area contributed by atoms with Crippen LogP contribution in [0.4, 0.5) is 8.78 Å². The van der Waals surface area contributed by atoms with E-state index in [1.54, 1.807) is 0 Å². The topological polar surface area (TPSA) is 93.4 Å². The Morgan fingerprint density at radius 3 is 2.32 bits per heavy atom. The molecule has 1 rings (SSSR count). The molecule has 9 heteroatoms. The van der Waals surface area contributed by atoms with E-state index in [9.17, 15) is 18.4 Å². The molecular formula is C13H18ClF2N3O3. The van der Waals surface area contributed by atoms with Crippen molar-refractivity contribution in [2.24, 2.45) is 5.73 Å². The number of halogens is 3. The Kier molecular flexibility index (Phi) is 9.23. The van der Waals surface area contributed by atoms with Crippen LogP contribution >= 0.6 is 12.4 Å². The van der Waals surface area contributed by atoms with Crippen LogP contribution in [-0.4, -0.2) is 44.7 Å². The van der Waals surface area contributed by atoms with Gasteiger partial charge in [-0.2, -0.15) is 0 Å². The zero-order valence-electron chi connectivity index (χ0n) is 11.9.